The fourth-order valence-corrected chi connectivity index (χ4v) is 3.87. The molecule has 1 N–H and O–H groups in total. The van der Waals surface area contributed by atoms with Crippen LogP contribution in [0.5, 0.6) is 0 Å². The molecule has 2 aromatic rings. The zero-order valence-electron chi connectivity index (χ0n) is 14.4. The van der Waals surface area contributed by atoms with E-state index < -0.39 is 4.92 Å². The van der Waals surface area contributed by atoms with Crippen molar-refractivity contribution in [3.8, 4) is 0 Å². The molecule has 1 amide bonds. The van der Waals surface area contributed by atoms with Crippen LogP contribution < -0.4 is 5.32 Å². The molecule has 0 aromatic heterocycles. The van der Waals surface area contributed by atoms with Gasteiger partial charge < -0.3 is 5.32 Å². The monoisotopic (exact) mass is 371 g/mol. The molecule has 0 atom stereocenters. The van der Waals surface area contributed by atoms with E-state index in [1.807, 2.05) is 36.0 Å². The van der Waals surface area contributed by atoms with Crippen molar-refractivity contribution in [1.82, 2.24) is 4.90 Å². The summed E-state index contributed by atoms with van der Waals surface area (Å²) in [6.07, 6.45) is 0.187. The van der Waals surface area contributed by atoms with Crippen molar-refractivity contribution in [2.75, 3.05) is 29.9 Å². The van der Waals surface area contributed by atoms with E-state index >= 15 is 0 Å². The third-order valence-electron chi connectivity index (χ3n) is 4.30. The van der Waals surface area contributed by atoms with E-state index in [0.717, 1.165) is 48.0 Å². The predicted octanol–water partition coefficient (Wildman–Crippen LogP) is 3.32. The van der Waals surface area contributed by atoms with Gasteiger partial charge in [0.25, 0.3) is 5.69 Å². The highest BCUT2D eigenvalue weighted by Crippen LogP contribution is 2.20. The summed E-state index contributed by atoms with van der Waals surface area (Å²) < 4.78 is 0. The lowest BCUT2D eigenvalue weighted by atomic mass is 10.1. The Morgan fingerprint density at radius 3 is 2.50 bits per heavy atom. The minimum absolute atomic E-state index is 0.0270. The first-order valence-electron chi connectivity index (χ1n) is 8.53. The SMILES string of the molecule is O=C(Cc1ccc([N+](=O)[O-])cc1)Nc1ccccc1CN1CCSCC1. The van der Waals surface area contributed by atoms with E-state index in [2.05, 4.69) is 10.2 Å². The first-order valence-corrected chi connectivity index (χ1v) is 9.68. The number of benzene rings is 2. The van der Waals surface area contributed by atoms with E-state index in [4.69, 9.17) is 0 Å². The molecule has 0 saturated carbocycles. The number of nitrogens with zero attached hydrogens (tertiary/aromatic N) is 2. The number of carbonyl (C=O) groups is 1. The molecule has 0 unspecified atom stereocenters. The van der Waals surface area contributed by atoms with Crippen LogP contribution >= 0.6 is 11.8 Å². The molecule has 0 bridgehead atoms. The number of nitrogens with one attached hydrogen (secondary N) is 1. The van der Waals surface area contributed by atoms with Crippen molar-refractivity contribution in [2.24, 2.45) is 0 Å². The maximum absolute atomic E-state index is 12.4. The van der Waals surface area contributed by atoms with Crippen LogP contribution in [0.25, 0.3) is 0 Å². The average Bonchev–Trinajstić information content (AvgIpc) is 2.64. The van der Waals surface area contributed by atoms with Crippen LogP contribution in [0.4, 0.5) is 11.4 Å². The highest BCUT2D eigenvalue weighted by Gasteiger charge is 2.14. The fraction of sp³-hybridized carbons (Fsp3) is 0.316. The Morgan fingerprint density at radius 2 is 1.81 bits per heavy atom. The summed E-state index contributed by atoms with van der Waals surface area (Å²) in [7, 11) is 0. The zero-order valence-corrected chi connectivity index (χ0v) is 15.2. The van der Waals surface area contributed by atoms with Gasteiger partial charge in [-0.1, -0.05) is 30.3 Å². The number of nitro benzene ring substituents is 1. The van der Waals surface area contributed by atoms with Gasteiger partial charge in [-0.15, -0.1) is 0 Å². The molecule has 0 aliphatic carbocycles. The molecule has 1 fully saturated rings. The molecule has 2 aromatic carbocycles. The van der Waals surface area contributed by atoms with Gasteiger partial charge in [-0.05, 0) is 17.2 Å². The Kier molecular flexibility index (Phi) is 6.25. The second kappa shape index (κ2) is 8.82. The summed E-state index contributed by atoms with van der Waals surface area (Å²) in [6, 6.07) is 13.9. The molecule has 3 rings (SSSR count). The van der Waals surface area contributed by atoms with E-state index in [-0.39, 0.29) is 18.0 Å². The molecule has 1 aliphatic heterocycles. The third kappa shape index (κ3) is 5.06. The molecule has 0 radical (unpaired) electrons. The van der Waals surface area contributed by atoms with Crippen LogP contribution in [0.2, 0.25) is 0 Å². The molecular formula is C19H21N3O3S. The molecule has 136 valence electrons. The van der Waals surface area contributed by atoms with Crippen molar-refractivity contribution in [2.45, 2.75) is 13.0 Å². The minimum atomic E-state index is -0.445. The van der Waals surface area contributed by atoms with E-state index in [0.29, 0.717) is 0 Å². The van der Waals surface area contributed by atoms with E-state index in [1.165, 1.54) is 12.1 Å². The van der Waals surface area contributed by atoms with Crippen molar-refractivity contribution in [3.63, 3.8) is 0 Å². The second-order valence-corrected chi connectivity index (χ2v) is 7.42. The Balaban J connectivity index is 1.62. The van der Waals surface area contributed by atoms with Crippen LogP contribution in [0.15, 0.2) is 48.5 Å². The highest BCUT2D eigenvalue weighted by molar-refractivity contribution is 7.99. The maximum Gasteiger partial charge on any atom is 0.269 e. The van der Waals surface area contributed by atoms with Crippen LogP contribution in [-0.2, 0) is 17.8 Å². The van der Waals surface area contributed by atoms with Gasteiger partial charge in [-0.3, -0.25) is 19.8 Å². The van der Waals surface area contributed by atoms with Gasteiger partial charge in [0.05, 0.1) is 11.3 Å². The number of non-ortho nitro benzene ring substituents is 1. The Morgan fingerprint density at radius 1 is 1.12 bits per heavy atom. The number of hydrogen-bond acceptors (Lipinski definition) is 5. The lowest BCUT2D eigenvalue weighted by Crippen LogP contribution is -2.32. The smallest absolute Gasteiger partial charge is 0.269 e. The molecule has 1 aliphatic rings. The summed E-state index contributed by atoms with van der Waals surface area (Å²) in [5.74, 6) is 2.17. The highest BCUT2D eigenvalue weighted by atomic mass is 32.2. The number of anilines is 1. The van der Waals surface area contributed by atoms with Crippen LogP contribution in [0.3, 0.4) is 0 Å². The number of thioether (sulfide) groups is 1. The quantitative estimate of drug-likeness (QED) is 0.623. The fourth-order valence-electron chi connectivity index (χ4n) is 2.90. The van der Waals surface area contributed by atoms with Gasteiger partial charge in [-0.2, -0.15) is 11.8 Å². The number of para-hydroxylation sites is 1. The molecule has 0 spiro atoms. The third-order valence-corrected chi connectivity index (χ3v) is 5.24. The second-order valence-electron chi connectivity index (χ2n) is 6.19. The molecule has 26 heavy (non-hydrogen) atoms. The number of rotatable bonds is 6. The maximum atomic E-state index is 12.4. The summed E-state index contributed by atoms with van der Waals surface area (Å²) in [5.41, 5.74) is 2.71. The van der Waals surface area contributed by atoms with Crippen molar-refractivity contribution >= 4 is 29.0 Å². The summed E-state index contributed by atoms with van der Waals surface area (Å²) in [5, 5.41) is 13.7. The first-order chi connectivity index (χ1) is 12.6. The Labute approximate surface area is 156 Å². The summed E-state index contributed by atoms with van der Waals surface area (Å²) in [6.45, 7) is 2.96. The standard InChI is InChI=1S/C19H21N3O3S/c23-19(13-15-5-7-17(8-6-15)22(24)25)20-18-4-2-1-3-16(18)14-21-9-11-26-12-10-21/h1-8H,9-14H2,(H,20,23). The Hall–Kier alpha value is -2.38. The number of nitro groups is 1. The Bertz CT molecular complexity index is 774. The first kappa shape index (κ1) is 18.4. The largest absolute Gasteiger partial charge is 0.325 e. The predicted molar refractivity (Wildman–Crippen MR) is 104 cm³/mol. The number of hydrogen-bond donors (Lipinski definition) is 1. The molecule has 6 nitrogen and oxygen atoms in total. The van der Waals surface area contributed by atoms with E-state index in [9.17, 15) is 14.9 Å². The average molecular weight is 371 g/mol. The van der Waals surface area contributed by atoms with Crippen molar-refractivity contribution < 1.29 is 9.72 Å². The number of carbonyl (C=O) groups excluding carboxylic acids is 1. The topological polar surface area (TPSA) is 75.5 Å². The van der Waals surface area contributed by atoms with Gasteiger partial charge in [0.2, 0.25) is 5.91 Å². The van der Waals surface area contributed by atoms with Crippen molar-refractivity contribution in [3.05, 3.63) is 69.8 Å². The summed E-state index contributed by atoms with van der Waals surface area (Å²) >= 11 is 1.97. The van der Waals surface area contributed by atoms with Crippen LogP contribution in [0.1, 0.15) is 11.1 Å². The molecule has 7 heteroatoms. The zero-order chi connectivity index (χ0) is 18.4. The van der Waals surface area contributed by atoms with Gasteiger partial charge in [0.1, 0.15) is 0 Å². The molecular weight excluding hydrogens is 350 g/mol. The van der Waals surface area contributed by atoms with E-state index in [1.54, 1.807) is 12.1 Å². The van der Waals surface area contributed by atoms with Gasteiger partial charge in [-0.25, -0.2) is 0 Å². The molecule has 1 saturated heterocycles. The number of amides is 1. The van der Waals surface area contributed by atoms with Gasteiger partial charge >= 0.3 is 0 Å². The minimum Gasteiger partial charge on any atom is -0.325 e. The molecule has 1 heterocycles. The lowest BCUT2D eigenvalue weighted by molar-refractivity contribution is -0.384. The van der Waals surface area contributed by atoms with Gasteiger partial charge in [0.15, 0.2) is 0 Å². The van der Waals surface area contributed by atoms with Gasteiger partial charge in [0, 0.05) is 49.0 Å². The van der Waals surface area contributed by atoms with Crippen LogP contribution in [0, 0.1) is 10.1 Å². The lowest BCUT2D eigenvalue weighted by Gasteiger charge is -2.27. The normalized spacial score (nSPS) is 14.8. The van der Waals surface area contributed by atoms with Crippen molar-refractivity contribution in [1.29, 1.82) is 0 Å². The summed E-state index contributed by atoms with van der Waals surface area (Å²) in [4.78, 5) is 25.0. The van der Waals surface area contributed by atoms with Crippen LogP contribution in [-0.4, -0.2) is 40.3 Å².